The van der Waals surface area contributed by atoms with Gasteiger partial charge in [-0.25, -0.2) is 0 Å². The fourth-order valence-corrected chi connectivity index (χ4v) is 2.75. The van der Waals surface area contributed by atoms with Crippen molar-refractivity contribution in [3.05, 3.63) is 29.8 Å². The number of ether oxygens (including phenoxy) is 1. The van der Waals surface area contributed by atoms with Crippen LogP contribution in [-0.2, 0) is 6.42 Å². The topological polar surface area (TPSA) is 21.3 Å². The Balaban J connectivity index is 1.72. The molecule has 0 amide bonds. The van der Waals surface area contributed by atoms with Crippen molar-refractivity contribution in [3.8, 4) is 5.75 Å². The van der Waals surface area contributed by atoms with Crippen LogP contribution in [0.5, 0.6) is 5.75 Å². The molecule has 0 aromatic heterocycles. The number of nitrogens with one attached hydrogen (secondary N) is 1. The summed E-state index contributed by atoms with van der Waals surface area (Å²) in [5.74, 6) is 0.941. The Morgan fingerprint density at radius 2 is 1.89 bits per heavy atom. The first kappa shape index (κ1) is 13.4. The molecule has 18 heavy (non-hydrogen) atoms. The van der Waals surface area contributed by atoms with E-state index in [0.717, 1.165) is 18.2 Å². The molecular weight excluding hydrogens is 222 g/mol. The maximum Gasteiger partial charge on any atom is 0.118 e. The van der Waals surface area contributed by atoms with E-state index in [0.29, 0.717) is 6.04 Å². The Labute approximate surface area is 111 Å². The first-order chi connectivity index (χ1) is 8.78. The first-order valence-corrected chi connectivity index (χ1v) is 7.17. The fourth-order valence-electron chi connectivity index (χ4n) is 2.75. The van der Waals surface area contributed by atoms with Gasteiger partial charge in [0.1, 0.15) is 5.75 Å². The summed E-state index contributed by atoms with van der Waals surface area (Å²) in [6.07, 6.45) is 7.90. The van der Waals surface area contributed by atoms with Crippen LogP contribution in [0.1, 0.15) is 44.6 Å². The lowest BCUT2D eigenvalue weighted by atomic mass is 10.1. The molecule has 1 atom stereocenters. The van der Waals surface area contributed by atoms with Crippen molar-refractivity contribution in [2.75, 3.05) is 7.11 Å². The zero-order valence-corrected chi connectivity index (χ0v) is 11.6. The smallest absolute Gasteiger partial charge is 0.118 e. The Morgan fingerprint density at radius 1 is 1.22 bits per heavy atom. The van der Waals surface area contributed by atoms with E-state index in [9.17, 15) is 0 Å². The van der Waals surface area contributed by atoms with Crippen LogP contribution in [0.15, 0.2) is 24.3 Å². The van der Waals surface area contributed by atoms with Gasteiger partial charge in [0.15, 0.2) is 0 Å². The molecule has 0 spiro atoms. The van der Waals surface area contributed by atoms with Gasteiger partial charge in [-0.2, -0.15) is 0 Å². The van der Waals surface area contributed by atoms with Crippen LogP contribution in [-0.4, -0.2) is 19.2 Å². The highest BCUT2D eigenvalue weighted by Crippen LogP contribution is 2.19. The van der Waals surface area contributed by atoms with E-state index in [1.54, 1.807) is 7.11 Å². The van der Waals surface area contributed by atoms with Gasteiger partial charge >= 0.3 is 0 Å². The Hall–Kier alpha value is -1.02. The number of hydrogen-bond donors (Lipinski definition) is 1. The van der Waals surface area contributed by atoms with Crippen LogP contribution in [0.3, 0.4) is 0 Å². The summed E-state index contributed by atoms with van der Waals surface area (Å²) in [5, 5.41) is 3.75. The highest BCUT2D eigenvalue weighted by atomic mass is 16.5. The van der Waals surface area contributed by atoms with E-state index >= 15 is 0 Å². The predicted molar refractivity (Wildman–Crippen MR) is 76.2 cm³/mol. The first-order valence-electron chi connectivity index (χ1n) is 7.17. The van der Waals surface area contributed by atoms with Gasteiger partial charge in [0.25, 0.3) is 0 Å². The van der Waals surface area contributed by atoms with Gasteiger partial charge in [0.2, 0.25) is 0 Å². The van der Waals surface area contributed by atoms with Crippen LogP contribution < -0.4 is 10.1 Å². The molecule has 1 aromatic carbocycles. The predicted octanol–water partition coefficient (Wildman–Crippen LogP) is 3.55. The van der Waals surface area contributed by atoms with Crippen molar-refractivity contribution < 1.29 is 4.74 Å². The van der Waals surface area contributed by atoms with Gasteiger partial charge in [-0.15, -0.1) is 0 Å². The third-order valence-corrected chi connectivity index (χ3v) is 3.90. The van der Waals surface area contributed by atoms with Crippen molar-refractivity contribution in [2.24, 2.45) is 0 Å². The van der Waals surface area contributed by atoms with Gasteiger partial charge in [0, 0.05) is 12.1 Å². The second kappa shape index (κ2) is 6.79. The average Bonchev–Trinajstić information content (AvgIpc) is 2.90. The maximum atomic E-state index is 5.17. The standard InChI is InChI=1S/C16H25NO/c1-13(17-15-5-3-4-6-15)7-8-14-9-11-16(18-2)12-10-14/h9-13,15,17H,3-8H2,1-2H3/t13-/m0/s1. The highest BCUT2D eigenvalue weighted by molar-refractivity contribution is 5.27. The lowest BCUT2D eigenvalue weighted by Crippen LogP contribution is -2.34. The maximum absolute atomic E-state index is 5.17. The molecule has 0 bridgehead atoms. The Morgan fingerprint density at radius 3 is 2.50 bits per heavy atom. The molecule has 0 saturated heterocycles. The molecule has 1 aliphatic carbocycles. The average molecular weight is 247 g/mol. The SMILES string of the molecule is COc1ccc(CC[C@H](C)NC2CCCC2)cc1. The molecule has 1 aromatic rings. The second-order valence-electron chi connectivity index (χ2n) is 5.44. The van der Waals surface area contributed by atoms with Gasteiger partial charge in [-0.3, -0.25) is 0 Å². The van der Waals surface area contributed by atoms with Crippen LogP contribution in [0.25, 0.3) is 0 Å². The normalized spacial score (nSPS) is 17.9. The van der Waals surface area contributed by atoms with Crippen molar-refractivity contribution in [1.29, 1.82) is 0 Å². The van der Waals surface area contributed by atoms with Crippen LogP contribution >= 0.6 is 0 Å². The van der Waals surface area contributed by atoms with E-state index in [2.05, 4.69) is 24.4 Å². The van der Waals surface area contributed by atoms with Crippen molar-refractivity contribution >= 4 is 0 Å². The third kappa shape index (κ3) is 4.02. The van der Waals surface area contributed by atoms with E-state index in [-0.39, 0.29) is 0 Å². The molecular formula is C16H25NO. The number of benzene rings is 1. The van der Waals surface area contributed by atoms with Gasteiger partial charge in [-0.05, 0) is 50.3 Å². The molecule has 0 heterocycles. The lowest BCUT2D eigenvalue weighted by molar-refractivity contribution is 0.414. The fraction of sp³-hybridized carbons (Fsp3) is 0.625. The van der Waals surface area contributed by atoms with E-state index in [4.69, 9.17) is 4.74 Å². The summed E-state index contributed by atoms with van der Waals surface area (Å²) >= 11 is 0. The van der Waals surface area contributed by atoms with Crippen LogP contribution in [0.4, 0.5) is 0 Å². The molecule has 2 rings (SSSR count). The molecule has 1 saturated carbocycles. The highest BCUT2D eigenvalue weighted by Gasteiger charge is 2.16. The van der Waals surface area contributed by atoms with Gasteiger partial charge < -0.3 is 10.1 Å². The molecule has 0 radical (unpaired) electrons. The van der Waals surface area contributed by atoms with Crippen molar-refractivity contribution in [2.45, 2.75) is 57.5 Å². The largest absolute Gasteiger partial charge is 0.497 e. The molecule has 1 fully saturated rings. The monoisotopic (exact) mass is 247 g/mol. The van der Waals surface area contributed by atoms with Gasteiger partial charge in [0.05, 0.1) is 7.11 Å². The molecule has 2 nitrogen and oxygen atoms in total. The van der Waals surface area contributed by atoms with Crippen molar-refractivity contribution in [3.63, 3.8) is 0 Å². The van der Waals surface area contributed by atoms with Crippen LogP contribution in [0.2, 0.25) is 0 Å². The zero-order chi connectivity index (χ0) is 12.8. The third-order valence-electron chi connectivity index (χ3n) is 3.90. The number of aryl methyl sites for hydroxylation is 1. The number of rotatable bonds is 6. The summed E-state index contributed by atoms with van der Waals surface area (Å²) in [7, 11) is 1.71. The minimum atomic E-state index is 0.621. The van der Waals surface area contributed by atoms with E-state index in [1.165, 1.54) is 37.7 Å². The minimum absolute atomic E-state index is 0.621. The molecule has 100 valence electrons. The zero-order valence-electron chi connectivity index (χ0n) is 11.6. The summed E-state index contributed by atoms with van der Waals surface area (Å²) in [4.78, 5) is 0. The molecule has 1 aliphatic rings. The summed E-state index contributed by atoms with van der Waals surface area (Å²) in [6, 6.07) is 9.82. The molecule has 0 unspecified atom stereocenters. The minimum Gasteiger partial charge on any atom is -0.497 e. The Bertz CT molecular complexity index is 341. The summed E-state index contributed by atoms with van der Waals surface area (Å²) < 4.78 is 5.17. The molecule has 0 aliphatic heterocycles. The summed E-state index contributed by atoms with van der Waals surface area (Å²) in [6.45, 7) is 2.31. The van der Waals surface area contributed by atoms with Crippen molar-refractivity contribution in [1.82, 2.24) is 5.32 Å². The molecule has 2 heteroatoms. The Kier molecular flexibility index (Phi) is 5.06. The van der Waals surface area contributed by atoms with Gasteiger partial charge in [-0.1, -0.05) is 25.0 Å². The van der Waals surface area contributed by atoms with E-state index < -0.39 is 0 Å². The van der Waals surface area contributed by atoms with E-state index in [1.807, 2.05) is 12.1 Å². The summed E-state index contributed by atoms with van der Waals surface area (Å²) in [5.41, 5.74) is 1.40. The number of hydrogen-bond acceptors (Lipinski definition) is 2. The number of methoxy groups -OCH3 is 1. The molecule has 1 N–H and O–H groups in total. The van der Waals surface area contributed by atoms with Crippen LogP contribution in [0, 0.1) is 0 Å². The lowest BCUT2D eigenvalue weighted by Gasteiger charge is -2.19. The quantitative estimate of drug-likeness (QED) is 0.830. The second-order valence-corrected chi connectivity index (χ2v) is 5.44.